The summed E-state index contributed by atoms with van der Waals surface area (Å²) >= 11 is 6.19. The standard InChI is InChI=1S/C16H12ClN3O/c17-12-6-7-14-13(8-12)16(11-4-2-1-3-5-11)21-9-15-19-18-10-20(14)15/h1-8,10,16H,9H2. The molecule has 0 amide bonds. The van der Waals surface area contributed by atoms with Crippen molar-refractivity contribution in [1.29, 1.82) is 0 Å². The van der Waals surface area contributed by atoms with Crippen LogP contribution in [-0.4, -0.2) is 14.8 Å². The van der Waals surface area contributed by atoms with Crippen molar-refractivity contribution in [2.24, 2.45) is 0 Å². The van der Waals surface area contributed by atoms with Crippen LogP contribution in [-0.2, 0) is 11.3 Å². The predicted molar refractivity (Wildman–Crippen MR) is 79.4 cm³/mol. The van der Waals surface area contributed by atoms with Crippen molar-refractivity contribution in [3.63, 3.8) is 0 Å². The lowest BCUT2D eigenvalue weighted by Gasteiger charge is -2.18. The van der Waals surface area contributed by atoms with Gasteiger partial charge in [-0.3, -0.25) is 4.57 Å². The zero-order valence-electron chi connectivity index (χ0n) is 11.1. The summed E-state index contributed by atoms with van der Waals surface area (Å²) < 4.78 is 8.03. The SMILES string of the molecule is Clc1ccc2c(c1)C(c1ccccc1)OCc1nncn1-2. The van der Waals surface area contributed by atoms with Gasteiger partial charge in [0.15, 0.2) is 5.82 Å². The van der Waals surface area contributed by atoms with Crippen LogP contribution in [0.25, 0.3) is 5.69 Å². The molecule has 1 atom stereocenters. The average molecular weight is 298 g/mol. The minimum atomic E-state index is -0.165. The van der Waals surface area contributed by atoms with Crippen LogP contribution in [0.5, 0.6) is 0 Å². The minimum absolute atomic E-state index is 0.165. The topological polar surface area (TPSA) is 39.9 Å². The van der Waals surface area contributed by atoms with Crippen LogP contribution in [0.3, 0.4) is 0 Å². The highest BCUT2D eigenvalue weighted by atomic mass is 35.5. The van der Waals surface area contributed by atoms with Gasteiger partial charge < -0.3 is 4.74 Å². The van der Waals surface area contributed by atoms with Crippen LogP contribution in [0.2, 0.25) is 5.02 Å². The number of ether oxygens (including phenoxy) is 1. The number of aromatic nitrogens is 3. The first kappa shape index (κ1) is 12.6. The molecule has 1 aliphatic heterocycles. The lowest BCUT2D eigenvalue weighted by atomic mass is 10.00. The molecule has 0 spiro atoms. The molecule has 0 radical (unpaired) electrons. The Balaban J connectivity index is 1.93. The molecule has 0 fully saturated rings. The van der Waals surface area contributed by atoms with E-state index in [-0.39, 0.29) is 6.10 Å². The molecule has 2 heterocycles. The Morgan fingerprint density at radius 2 is 2.00 bits per heavy atom. The summed E-state index contributed by atoms with van der Waals surface area (Å²) in [5.74, 6) is 0.789. The minimum Gasteiger partial charge on any atom is -0.361 e. The summed E-state index contributed by atoms with van der Waals surface area (Å²) in [5, 5.41) is 8.78. The lowest BCUT2D eigenvalue weighted by molar-refractivity contribution is 0.0655. The third-order valence-corrected chi connectivity index (χ3v) is 3.87. The van der Waals surface area contributed by atoms with E-state index in [1.165, 1.54) is 0 Å². The van der Waals surface area contributed by atoms with E-state index in [9.17, 15) is 0 Å². The molecule has 1 aromatic heterocycles. The molecule has 0 saturated heterocycles. The normalized spacial score (nSPS) is 16.9. The van der Waals surface area contributed by atoms with Gasteiger partial charge in [-0.25, -0.2) is 0 Å². The van der Waals surface area contributed by atoms with Crippen molar-refractivity contribution in [2.45, 2.75) is 12.7 Å². The van der Waals surface area contributed by atoms with E-state index < -0.39 is 0 Å². The average Bonchev–Trinajstić information content (AvgIpc) is 2.92. The van der Waals surface area contributed by atoms with Crippen LogP contribution in [0.4, 0.5) is 0 Å². The summed E-state index contributed by atoms with van der Waals surface area (Å²) in [7, 11) is 0. The van der Waals surface area contributed by atoms with E-state index >= 15 is 0 Å². The highest BCUT2D eigenvalue weighted by Gasteiger charge is 2.25. The molecule has 2 aromatic carbocycles. The maximum atomic E-state index is 6.19. The Kier molecular flexibility index (Phi) is 2.98. The van der Waals surface area contributed by atoms with Crippen molar-refractivity contribution in [3.8, 4) is 5.69 Å². The summed E-state index contributed by atoms with van der Waals surface area (Å²) in [4.78, 5) is 0. The van der Waals surface area contributed by atoms with Gasteiger partial charge in [0, 0.05) is 10.6 Å². The van der Waals surface area contributed by atoms with Gasteiger partial charge in [0.2, 0.25) is 0 Å². The molecule has 0 aliphatic carbocycles. The smallest absolute Gasteiger partial charge is 0.163 e. The van der Waals surface area contributed by atoms with E-state index in [2.05, 4.69) is 22.3 Å². The van der Waals surface area contributed by atoms with Gasteiger partial charge in [-0.05, 0) is 23.8 Å². The van der Waals surface area contributed by atoms with Gasteiger partial charge in [0.05, 0.1) is 5.69 Å². The Morgan fingerprint density at radius 1 is 1.14 bits per heavy atom. The quantitative estimate of drug-likeness (QED) is 0.690. The molecular formula is C16H12ClN3O. The maximum absolute atomic E-state index is 6.19. The third-order valence-electron chi connectivity index (χ3n) is 3.63. The summed E-state index contributed by atoms with van der Waals surface area (Å²) in [6.07, 6.45) is 1.54. The van der Waals surface area contributed by atoms with Crippen LogP contribution >= 0.6 is 11.6 Å². The number of nitrogens with zero attached hydrogens (tertiary/aromatic N) is 3. The van der Waals surface area contributed by atoms with Crippen LogP contribution in [0, 0.1) is 0 Å². The molecule has 1 aliphatic rings. The summed E-state index contributed by atoms with van der Waals surface area (Å²) in [5.41, 5.74) is 3.12. The van der Waals surface area contributed by atoms with Gasteiger partial charge in [0.1, 0.15) is 19.0 Å². The highest BCUT2D eigenvalue weighted by molar-refractivity contribution is 6.30. The zero-order valence-corrected chi connectivity index (χ0v) is 11.9. The largest absolute Gasteiger partial charge is 0.361 e. The molecule has 0 saturated carbocycles. The number of halogens is 1. The summed E-state index contributed by atoms with van der Waals surface area (Å²) in [6, 6.07) is 15.9. The van der Waals surface area contributed by atoms with Crippen LogP contribution in [0.1, 0.15) is 23.1 Å². The van der Waals surface area contributed by atoms with E-state index in [4.69, 9.17) is 16.3 Å². The molecule has 0 bridgehead atoms. The number of rotatable bonds is 1. The van der Waals surface area contributed by atoms with E-state index in [1.807, 2.05) is 41.0 Å². The fourth-order valence-corrected chi connectivity index (χ4v) is 2.85. The van der Waals surface area contributed by atoms with Crippen molar-refractivity contribution < 1.29 is 4.74 Å². The van der Waals surface area contributed by atoms with Gasteiger partial charge in [-0.15, -0.1) is 10.2 Å². The third kappa shape index (κ3) is 2.13. The van der Waals surface area contributed by atoms with Crippen LogP contribution in [0.15, 0.2) is 54.9 Å². The Bertz CT molecular complexity index is 785. The maximum Gasteiger partial charge on any atom is 0.163 e. The fourth-order valence-electron chi connectivity index (χ4n) is 2.66. The van der Waals surface area contributed by atoms with E-state index in [1.54, 1.807) is 6.33 Å². The second-order valence-electron chi connectivity index (χ2n) is 4.92. The number of hydrogen-bond acceptors (Lipinski definition) is 3. The first-order valence-corrected chi connectivity index (χ1v) is 7.06. The first-order chi connectivity index (χ1) is 10.3. The van der Waals surface area contributed by atoms with Gasteiger partial charge in [-0.2, -0.15) is 0 Å². The molecule has 0 N–H and O–H groups in total. The number of fused-ring (bicyclic) bond motifs is 3. The predicted octanol–water partition coefficient (Wildman–Crippen LogP) is 3.54. The van der Waals surface area contributed by atoms with E-state index in [0.717, 1.165) is 22.6 Å². The summed E-state index contributed by atoms with van der Waals surface area (Å²) in [6.45, 7) is 0.409. The second kappa shape index (κ2) is 4.98. The van der Waals surface area contributed by atoms with Crippen molar-refractivity contribution in [2.75, 3.05) is 0 Å². The molecule has 1 unspecified atom stereocenters. The molecule has 4 rings (SSSR count). The Labute approximate surface area is 127 Å². The van der Waals surface area contributed by atoms with Crippen molar-refractivity contribution >= 4 is 11.6 Å². The lowest BCUT2D eigenvalue weighted by Crippen LogP contribution is -2.06. The molecule has 21 heavy (non-hydrogen) atoms. The fraction of sp³-hybridized carbons (Fsp3) is 0.125. The number of benzene rings is 2. The zero-order chi connectivity index (χ0) is 14.2. The van der Waals surface area contributed by atoms with Gasteiger partial charge >= 0.3 is 0 Å². The molecule has 3 aromatic rings. The molecule has 104 valence electrons. The molecule has 5 heteroatoms. The monoisotopic (exact) mass is 297 g/mol. The van der Waals surface area contributed by atoms with Crippen LogP contribution < -0.4 is 0 Å². The molecular weight excluding hydrogens is 286 g/mol. The van der Waals surface area contributed by atoms with Crippen molar-refractivity contribution in [3.05, 3.63) is 76.8 Å². The second-order valence-corrected chi connectivity index (χ2v) is 5.36. The van der Waals surface area contributed by atoms with Crippen molar-refractivity contribution in [1.82, 2.24) is 14.8 Å². The van der Waals surface area contributed by atoms with Gasteiger partial charge in [0.25, 0.3) is 0 Å². The first-order valence-electron chi connectivity index (χ1n) is 6.68. The Hall–Kier alpha value is -2.17. The van der Waals surface area contributed by atoms with Gasteiger partial charge in [-0.1, -0.05) is 41.9 Å². The molecule has 4 nitrogen and oxygen atoms in total. The van der Waals surface area contributed by atoms with E-state index in [0.29, 0.717) is 11.6 Å². The Morgan fingerprint density at radius 3 is 2.86 bits per heavy atom. The highest BCUT2D eigenvalue weighted by Crippen LogP contribution is 2.35. The number of hydrogen-bond donors (Lipinski definition) is 0.